The summed E-state index contributed by atoms with van der Waals surface area (Å²) < 4.78 is 0. The number of carbonyl (C=O) groups is 1. The number of carboxylic acids is 1. The standard InChI is InChI=1S/C9H10O2S/c1-2-7-3-4-8(12-7)5-6-9(10)11/h3-6H,2H2,1H3,(H,10,11)/b6-5+. The minimum Gasteiger partial charge on any atom is -0.478 e. The zero-order valence-corrected chi connectivity index (χ0v) is 7.60. The fourth-order valence-electron chi connectivity index (χ4n) is 0.828. The number of rotatable bonds is 3. The molecule has 64 valence electrons. The predicted molar refractivity (Wildman–Crippen MR) is 50.4 cm³/mol. The van der Waals surface area contributed by atoms with Crippen LogP contribution in [0.2, 0.25) is 0 Å². The van der Waals surface area contributed by atoms with Gasteiger partial charge in [-0.3, -0.25) is 0 Å². The molecule has 0 aliphatic rings. The highest BCUT2D eigenvalue weighted by Gasteiger charge is 1.94. The third kappa shape index (κ3) is 2.51. The number of thiophene rings is 1. The van der Waals surface area contributed by atoms with Crippen molar-refractivity contribution < 1.29 is 9.90 Å². The van der Waals surface area contributed by atoms with E-state index < -0.39 is 5.97 Å². The Kier molecular flexibility index (Phi) is 3.05. The maximum Gasteiger partial charge on any atom is 0.328 e. The molecule has 1 aromatic heterocycles. The van der Waals surface area contributed by atoms with Crippen LogP contribution in [-0.4, -0.2) is 11.1 Å². The summed E-state index contributed by atoms with van der Waals surface area (Å²) in [6.45, 7) is 2.08. The van der Waals surface area contributed by atoms with E-state index in [0.29, 0.717) is 0 Å². The van der Waals surface area contributed by atoms with Crippen LogP contribution < -0.4 is 0 Å². The van der Waals surface area contributed by atoms with Crippen molar-refractivity contribution in [2.45, 2.75) is 13.3 Å². The van der Waals surface area contributed by atoms with E-state index in [1.165, 1.54) is 4.88 Å². The molecule has 0 radical (unpaired) electrons. The molecular weight excluding hydrogens is 172 g/mol. The number of aliphatic carboxylic acids is 1. The average Bonchev–Trinajstić information content (AvgIpc) is 2.48. The number of carboxylic acid groups (broad SMARTS) is 1. The van der Waals surface area contributed by atoms with Crippen molar-refractivity contribution in [1.82, 2.24) is 0 Å². The predicted octanol–water partition coefficient (Wildman–Crippen LogP) is 2.41. The molecule has 12 heavy (non-hydrogen) atoms. The van der Waals surface area contributed by atoms with Crippen LogP contribution in [0.25, 0.3) is 6.08 Å². The van der Waals surface area contributed by atoms with Gasteiger partial charge in [-0.1, -0.05) is 6.92 Å². The Morgan fingerprint density at radius 2 is 2.42 bits per heavy atom. The summed E-state index contributed by atoms with van der Waals surface area (Å²) in [4.78, 5) is 12.4. The lowest BCUT2D eigenvalue weighted by Gasteiger charge is -1.83. The third-order valence-electron chi connectivity index (χ3n) is 1.42. The Bertz CT molecular complexity index is 299. The van der Waals surface area contributed by atoms with Crippen LogP contribution in [0.5, 0.6) is 0 Å². The quantitative estimate of drug-likeness (QED) is 0.729. The molecule has 3 heteroatoms. The normalized spacial score (nSPS) is 10.8. The second-order valence-corrected chi connectivity index (χ2v) is 3.53. The van der Waals surface area contributed by atoms with Crippen molar-refractivity contribution in [1.29, 1.82) is 0 Å². The van der Waals surface area contributed by atoms with Gasteiger partial charge in [0.05, 0.1) is 0 Å². The molecule has 0 unspecified atom stereocenters. The van der Waals surface area contributed by atoms with E-state index in [0.717, 1.165) is 17.4 Å². The van der Waals surface area contributed by atoms with E-state index in [2.05, 4.69) is 6.92 Å². The molecular formula is C9H10O2S. The summed E-state index contributed by atoms with van der Waals surface area (Å²) in [6, 6.07) is 3.95. The molecule has 0 bridgehead atoms. The van der Waals surface area contributed by atoms with Crippen molar-refractivity contribution in [2.24, 2.45) is 0 Å². The lowest BCUT2D eigenvalue weighted by Crippen LogP contribution is -1.84. The van der Waals surface area contributed by atoms with Gasteiger partial charge in [-0.05, 0) is 24.6 Å². The van der Waals surface area contributed by atoms with Crippen LogP contribution in [0.1, 0.15) is 16.7 Å². The molecule has 0 saturated carbocycles. The molecule has 0 aliphatic carbocycles. The van der Waals surface area contributed by atoms with Gasteiger partial charge in [0.1, 0.15) is 0 Å². The van der Waals surface area contributed by atoms with Gasteiger partial charge in [0, 0.05) is 15.8 Å². The SMILES string of the molecule is CCc1ccc(/C=C/C(=O)O)s1. The Morgan fingerprint density at radius 3 is 2.92 bits per heavy atom. The van der Waals surface area contributed by atoms with E-state index in [9.17, 15) is 4.79 Å². The Balaban J connectivity index is 2.70. The van der Waals surface area contributed by atoms with E-state index in [1.807, 2.05) is 12.1 Å². The number of hydrogen-bond acceptors (Lipinski definition) is 2. The Hall–Kier alpha value is -1.09. The maximum atomic E-state index is 10.2. The molecule has 1 rings (SSSR count). The van der Waals surface area contributed by atoms with Gasteiger partial charge in [-0.2, -0.15) is 0 Å². The molecule has 0 aromatic carbocycles. The second kappa shape index (κ2) is 4.07. The Labute approximate surface area is 75.2 Å². The summed E-state index contributed by atoms with van der Waals surface area (Å²) in [7, 11) is 0. The second-order valence-electron chi connectivity index (χ2n) is 2.33. The van der Waals surface area contributed by atoms with Crippen LogP contribution in [0.15, 0.2) is 18.2 Å². The minimum absolute atomic E-state index is 0.901. The van der Waals surface area contributed by atoms with E-state index >= 15 is 0 Å². The van der Waals surface area contributed by atoms with Gasteiger partial charge in [0.15, 0.2) is 0 Å². The van der Waals surface area contributed by atoms with E-state index in [4.69, 9.17) is 5.11 Å². The molecule has 1 heterocycles. The molecule has 0 fully saturated rings. The highest BCUT2D eigenvalue weighted by molar-refractivity contribution is 7.12. The highest BCUT2D eigenvalue weighted by atomic mass is 32.1. The number of hydrogen-bond donors (Lipinski definition) is 1. The molecule has 0 spiro atoms. The molecule has 2 nitrogen and oxygen atoms in total. The van der Waals surface area contributed by atoms with Crippen LogP contribution in [0.3, 0.4) is 0 Å². The van der Waals surface area contributed by atoms with Crippen molar-refractivity contribution in [3.63, 3.8) is 0 Å². The first-order chi connectivity index (χ1) is 5.72. The number of aryl methyl sites for hydroxylation is 1. The molecule has 0 atom stereocenters. The fraction of sp³-hybridized carbons (Fsp3) is 0.222. The van der Waals surface area contributed by atoms with Gasteiger partial charge in [-0.25, -0.2) is 4.79 Å². The Morgan fingerprint density at radius 1 is 1.67 bits per heavy atom. The van der Waals surface area contributed by atoms with Crippen molar-refractivity contribution in [3.05, 3.63) is 28.0 Å². The first-order valence-corrected chi connectivity index (χ1v) is 4.53. The summed E-state index contributed by atoms with van der Waals surface area (Å²) in [5.74, 6) is -0.901. The molecule has 1 aromatic rings. The highest BCUT2D eigenvalue weighted by Crippen LogP contribution is 2.17. The van der Waals surface area contributed by atoms with Crippen LogP contribution in [0, 0.1) is 0 Å². The first-order valence-electron chi connectivity index (χ1n) is 3.72. The zero-order valence-electron chi connectivity index (χ0n) is 6.78. The first kappa shape index (κ1) is 9.00. The molecule has 0 amide bonds. The lowest BCUT2D eigenvalue weighted by atomic mass is 10.3. The minimum atomic E-state index is -0.901. The average molecular weight is 182 g/mol. The molecule has 1 N–H and O–H groups in total. The van der Waals surface area contributed by atoms with Crippen LogP contribution >= 0.6 is 11.3 Å². The largest absolute Gasteiger partial charge is 0.478 e. The lowest BCUT2D eigenvalue weighted by molar-refractivity contribution is -0.131. The summed E-state index contributed by atoms with van der Waals surface area (Å²) in [6.07, 6.45) is 3.78. The fourth-order valence-corrected chi connectivity index (χ4v) is 1.68. The maximum absolute atomic E-state index is 10.2. The van der Waals surface area contributed by atoms with Gasteiger partial charge >= 0.3 is 5.97 Å². The summed E-state index contributed by atoms with van der Waals surface area (Å²) >= 11 is 1.62. The zero-order chi connectivity index (χ0) is 8.97. The topological polar surface area (TPSA) is 37.3 Å². The van der Waals surface area contributed by atoms with E-state index in [-0.39, 0.29) is 0 Å². The van der Waals surface area contributed by atoms with Gasteiger partial charge in [0.2, 0.25) is 0 Å². The molecule has 0 aliphatic heterocycles. The van der Waals surface area contributed by atoms with Crippen LogP contribution in [-0.2, 0) is 11.2 Å². The summed E-state index contributed by atoms with van der Waals surface area (Å²) in [5.41, 5.74) is 0. The van der Waals surface area contributed by atoms with Crippen molar-refractivity contribution in [3.8, 4) is 0 Å². The van der Waals surface area contributed by atoms with Crippen molar-refractivity contribution in [2.75, 3.05) is 0 Å². The summed E-state index contributed by atoms with van der Waals surface area (Å²) in [5, 5.41) is 8.36. The monoisotopic (exact) mass is 182 g/mol. The van der Waals surface area contributed by atoms with Gasteiger partial charge in [0.25, 0.3) is 0 Å². The third-order valence-corrected chi connectivity index (χ3v) is 2.62. The van der Waals surface area contributed by atoms with Crippen molar-refractivity contribution >= 4 is 23.4 Å². The smallest absolute Gasteiger partial charge is 0.328 e. The van der Waals surface area contributed by atoms with Crippen LogP contribution in [0.4, 0.5) is 0 Å². The molecule has 0 saturated heterocycles. The van der Waals surface area contributed by atoms with E-state index in [1.54, 1.807) is 17.4 Å². The van der Waals surface area contributed by atoms with Gasteiger partial charge < -0.3 is 5.11 Å². The van der Waals surface area contributed by atoms with Gasteiger partial charge in [-0.15, -0.1) is 11.3 Å².